The summed E-state index contributed by atoms with van der Waals surface area (Å²) in [5.74, 6) is 1.61. The molecule has 26 heavy (non-hydrogen) atoms. The topological polar surface area (TPSA) is 49.9 Å². The van der Waals surface area contributed by atoms with Crippen molar-refractivity contribution < 1.29 is 13.2 Å². The van der Waals surface area contributed by atoms with E-state index in [1.165, 1.54) is 19.3 Å². The second-order valence-electron chi connectivity index (χ2n) is 8.25. The molecule has 0 radical (unpaired) electrons. The Bertz CT molecular complexity index is 776. The summed E-state index contributed by atoms with van der Waals surface area (Å²) in [6.45, 7) is 4.22. The zero-order chi connectivity index (χ0) is 17.9. The minimum Gasteiger partial charge on any atom is -0.381 e. The fourth-order valence-electron chi connectivity index (χ4n) is 5.74. The molecule has 1 unspecified atom stereocenters. The standard InChI is InChI=1S/C19H25ClN2O3S/c20-14-2-1-3-15(8-14)26(23,24)21-10-16-17(11-21)19-5-4-18(16)22(19)9-13-6-7-25-12-13/h1-3,8,13,16-19H,4-7,9-12H2/t13?,16-,17+,18-,19+. The van der Waals surface area contributed by atoms with Crippen LogP contribution in [0.1, 0.15) is 19.3 Å². The highest BCUT2D eigenvalue weighted by Crippen LogP contribution is 2.50. The molecule has 4 aliphatic heterocycles. The second kappa shape index (κ2) is 6.45. The van der Waals surface area contributed by atoms with E-state index in [4.69, 9.17) is 16.3 Å². The molecule has 1 aromatic carbocycles. The van der Waals surface area contributed by atoms with Crippen molar-refractivity contribution in [1.29, 1.82) is 0 Å². The lowest BCUT2D eigenvalue weighted by molar-refractivity contribution is 0.151. The normalized spacial score (nSPS) is 37.5. The highest BCUT2D eigenvalue weighted by Gasteiger charge is 2.58. The third-order valence-electron chi connectivity index (χ3n) is 6.90. The fraction of sp³-hybridized carbons (Fsp3) is 0.684. The number of hydrogen-bond acceptors (Lipinski definition) is 4. The first-order valence-electron chi connectivity index (χ1n) is 9.63. The number of rotatable bonds is 4. The predicted molar refractivity (Wildman–Crippen MR) is 99.6 cm³/mol. The minimum atomic E-state index is -3.45. The number of halogens is 1. The van der Waals surface area contributed by atoms with Crippen molar-refractivity contribution in [3.05, 3.63) is 29.3 Å². The molecule has 4 saturated heterocycles. The maximum Gasteiger partial charge on any atom is 0.243 e. The van der Waals surface area contributed by atoms with E-state index in [1.54, 1.807) is 28.6 Å². The molecule has 1 aromatic rings. The molecule has 0 saturated carbocycles. The summed E-state index contributed by atoms with van der Waals surface area (Å²) in [5, 5.41) is 0.468. The van der Waals surface area contributed by atoms with Crippen LogP contribution in [0.3, 0.4) is 0 Å². The van der Waals surface area contributed by atoms with Gasteiger partial charge in [-0.15, -0.1) is 0 Å². The molecule has 4 heterocycles. The van der Waals surface area contributed by atoms with Crippen molar-refractivity contribution in [2.75, 3.05) is 32.8 Å². The summed E-state index contributed by atoms with van der Waals surface area (Å²) >= 11 is 6.01. The van der Waals surface area contributed by atoms with Crippen LogP contribution < -0.4 is 0 Å². The minimum absolute atomic E-state index is 0.317. The van der Waals surface area contributed by atoms with Gasteiger partial charge in [-0.1, -0.05) is 17.7 Å². The number of nitrogens with zero attached hydrogens (tertiary/aromatic N) is 2. The maximum absolute atomic E-state index is 13.0. The second-order valence-corrected chi connectivity index (χ2v) is 10.6. The van der Waals surface area contributed by atoms with Gasteiger partial charge in [0, 0.05) is 43.3 Å². The first kappa shape index (κ1) is 17.4. The van der Waals surface area contributed by atoms with E-state index in [-0.39, 0.29) is 0 Å². The first-order valence-corrected chi connectivity index (χ1v) is 11.4. The van der Waals surface area contributed by atoms with E-state index in [0.717, 1.165) is 19.8 Å². The summed E-state index contributed by atoms with van der Waals surface area (Å²) in [7, 11) is -3.45. The lowest BCUT2D eigenvalue weighted by atomic mass is 9.82. The van der Waals surface area contributed by atoms with Crippen LogP contribution in [0, 0.1) is 17.8 Å². The quantitative estimate of drug-likeness (QED) is 0.784. The zero-order valence-corrected chi connectivity index (χ0v) is 16.3. The van der Waals surface area contributed by atoms with Crippen molar-refractivity contribution in [3.8, 4) is 0 Å². The maximum atomic E-state index is 13.0. The molecule has 142 valence electrons. The molecule has 5 nitrogen and oxygen atoms in total. The van der Waals surface area contributed by atoms with Crippen molar-refractivity contribution in [2.45, 2.75) is 36.2 Å². The number of hydrogen-bond donors (Lipinski definition) is 0. The molecule has 0 aliphatic carbocycles. The molecular formula is C19H25ClN2O3S. The van der Waals surface area contributed by atoms with Crippen LogP contribution in [0.15, 0.2) is 29.2 Å². The Hall–Kier alpha value is -0.660. The Morgan fingerprint density at radius 1 is 1.12 bits per heavy atom. The zero-order valence-electron chi connectivity index (χ0n) is 14.8. The Balaban J connectivity index is 1.33. The van der Waals surface area contributed by atoms with Gasteiger partial charge < -0.3 is 4.74 Å². The largest absolute Gasteiger partial charge is 0.381 e. The lowest BCUT2D eigenvalue weighted by Crippen LogP contribution is -2.40. The molecule has 4 fully saturated rings. The average Bonchev–Trinajstić information content (AvgIpc) is 3.37. The molecular weight excluding hydrogens is 372 g/mol. The summed E-state index contributed by atoms with van der Waals surface area (Å²) in [6, 6.07) is 7.73. The Labute approximate surface area is 160 Å². The van der Waals surface area contributed by atoms with Gasteiger partial charge in [0.15, 0.2) is 0 Å². The van der Waals surface area contributed by atoms with Crippen LogP contribution >= 0.6 is 11.6 Å². The number of fused-ring (bicyclic) bond motifs is 5. The van der Waals surface area contributed by atoms with E-state index in [0.29, 0.717) is 52.8 Å². The van der Waals surface area contributed by atoms with Crippen LogP contribution in [-0.4, -0.2) is 62.6 Å². The molecule has 5 rings (SSSR count). The van der Waals surface area contributed by atoms with Gasteiger partial charge in [-0.25, -0.2) is 8.42 Å². The smallest absolute Gasteiger partial charge is 0.243 e. The van der Waals surface area contributed by atoms with E-state index >= 15 is 0 Å². The van der Waals surface area contributed by atoms with Gasteiger partial charge in [0.1, 0.15) is 0 Å². The van der Waals surface area contributed by atoms with E-state index < -0.39 is 10.0 Å². The van der Waals surface area contributed by atoms with Gasteiger partial charge >= 0.3 is 0 Å². The Morgan fingerprint density at radius 2 is 1.85 bits per heavy atom. The van der Waals surface area contributed by atoms with Crippen molar-refractivity contribution >= 4 is 21.6 Å². The molecule has 0 spiro atoms. The van der Waals surface area contributed by atoms with E-state index in [1.807, 2.05) is 0 Å². The molecule has 7 heteroatoms. The Kier molecular flexibility index (Phi) is 4.33. The first-order chi connectivity index (χ1) is 12.5. The summed E-state index contributed by atoms with van der Waals surface area (Å²) in [6.07, 6.45) is 3.59. The van der Waals surface area contributed by atoms with Crippen LogP contribution in [0.5, 0.6) is 0 Å². The predicted octanol–water partition coefficient (Wildman–Crippen LogP) is 2.46. The van der Waals surface area contributed by atoms with E-state index in [2.05, 4.69) is 4.90 Å². The van der Waals surface area contributed by atoms with E-state index in [9.17, 15) is 8.42 Å². The van der Waals surface area contributed by atoms with Crippen LogP contribution in [0.4, 0.5) is 0 Å². The van der Waals surface area contributed by atoms with Crippen LogP contribution in [-0.2, 0) is 14.8 Å². The number of benzene rings is 1. The van der Waals surface area contributed by atoms with Gasteiger partial charge in [-0.2, -0.15) is 4.31 Å². The number of ether oxygens (including phenoxy) is 1. The highest BCUT2D eigenvalue weighted by atomic mass is 35.5. The van der Waals surface area contributed by atoms with Gasteiger partial charge in [-0.05, 0) is 55.2 Å². The molecule has 2 bridgehead atoms. The highest BCUT2D eigenvalue weighted by molar-refractivity contribution is 7.89. The van der Waals surface area contributed by atoms with Crippen molar-refractivity contribution in [2.24, 2.45) is 17.8 Å². The molecule has 0 amide bonds. The van der Waals surface area contributed by atoms with Gasteiger partial charge in [-0.3, -0.25) is 4.90 Å². The monoisotopic (exact) mass is 396 g/mol. The average molecular weight is 397 g/mol. The molecule has 0 N–H and O–H groups in total. The van der Waals surface area contributed by atoms with Crippen molar-refractivity contribution in [3.63, 3.8) is 0 Å². The SMILES string of the molecule is O=S(=O)(c1cccc(Cl)c1)N1C[C@@H]2[C@H](C1)[C@@H]1CC[C@H]2N1CC1CCOC1. The van der Waals surface area contributed by atoms with Crippen molar-refractivity contribution in [1.82, 2.24) is 9.21 Å². The lowest BCUT2D eigenvalue weighted by Gasteiger charge is -2.28. The van der Waals surface area contributed by atoms with Gasteiger partial charge in [0.05, 0.1) is 11.5 Å². The number of sulfonamides is 1. The fourth-order valence-corrected chi connectivity index (χ4v) is 7.55. The third-order valence-corrected chi connectivity index (χ3v) is 8.97. The summed E-state index contributed by atoms with van der Waals surface area (Å²) < 4.78 is 33.3. The third kappa shape index (κ3) is 2.73. The van der Waals surface area contributed by atoms with Crippen LogP contribution in [0.2, 0.25) is 5.02 Å². The Morgan fingerprint density at radius 3 is 2.46 bits per heavy atom. The van der Waals surface area contributed by atoms with Gasteiger partial charge in [0.2, 0.25) is 10.0 Å². The molecule has 0 aromatic heterocycles. The molecule has 4 aliphatic rings. The summed E-state index contributed by atoms with van der Waals surface area (Å²) in [4.78, 5) is 3.01. The van der Waals surface area contributed by atoms with Gasteiger partial charge in [0.25, 0.3) is 0 Å². The molecule has 5 atom stereocenters. The van der Waals surface area contributed by atoms with Crippen LogP contribution in [0.25, 0.3) is 0 Å². The summed E-state index contributed by atoms with van der Waals surface area (Å²) in [5.41, 5.74) is 0.